The second kappa shape index (κ2) is 3.33. The molecule has 2 aliphatic rings. The molecule has 0 unspecified atom stereocenters. The number of nitrogens with one attached hydrogen (secondary N) is 1. The van der Waals surface area contributed by atoms with Gasteiger partial charge in [-0.25, -0.2) is 4.79 Å². The molecular formula is C9H15NO2. The summed E-state index contributed by atoms with van der Waals surface area (Å²) in [5.74, 6) is 0. The molecule has 0 bridgehead atoms. The van der Waals surface area contributed by atoms with Gasteiger partial charge in [-0.1, -0.05) is 19.3 Å². The van der Waals surface area contributed by atoms with Crippen molar-refractivity contribution in [2.75, 3.05) is 0 Å². The van der Waals surface area contributed by atoms with Crippen LogP contribution in [0.5, 0.6) is 0 Å². The maximum absolute atomic E-state index is 10.9. The van der Waals surface area contributed by atoms with Crippen LogP contribution in [0, 0.1) is 0 Å². The van der Waals surface area contributed by atoms with E-state index in [4.69, 9.17) is 4.74 Å². The van der Waals surface area contributed by atoms with Crippen LogP contribution in [0.2, 0.25) is 0 Å². The summed E-state index contributed by atoms with van der Waals surface area (Å²) >= 11 is 0. The largest absolute Gasteiger partial charge is 0.444 e. The molecule has 1 amide bonds. The highest BCUT2D eigenvalue weighted by Gasteiger charge is 2.33. The zero-order chi connectivity index (χ0) is 8.39. The van der Waals surface area contributed by atoms with Gasteiger partial charge in [0.15, 0.2) is 0 Å². The molecule has 2 fully saturated rings. The molecule has 1 aliphatic carbocycles. The van der Waals surface area contributed by atoms with Crippen LogP contribution in [0.4, 0.5) is 4.79 Å². The maximum atomic E-state index is 10.9. The molecule has 1 saturated heterocycles. The van der Waals surface area contributed by atoms with Crippen LogP contribution in [0.3, 0.4) is 0 Å². The molecule has 2 rings (SSSR count). The predicted octanol–water partition coefficient (Wildman–Crippen LogP) is 1.82. The van der Waals surface area contributed by atoms with Crippen molar-refractivity contribution in [3.63, 3.8) is 0 Å². The Morgan fingerprint density at radius 1 is 1.17 bits per heavy atom. The topological polar surface area (TPSA) is 38.3 Å². The Bertz CT molecular complexity index is 163. The first-order chi connectivity index (χ1) is 5.86. The van der Waals surface area contributed by atoms with Crippen LogP contribution in [-0.4, -0.2) is 18.2 Å². The third-order valence-corrected chi connectivity index (χ3v) is 2.76. The second-order valence-electron chi connectivity index (χ2n) is 3.69. The van der Waals surface area contributed by atoms with Crippen molar-refractivity contribution in [3.8, 4) is 0 Å². The fourth-order valence-corrected chi connectivity index (χ4v) is 2.08. The van der Waals surface area contributed by atoms with Gasteiger partial charge in [0.2, 0.25) is 0 Å². The Morgan fingerprint density at radius 2 is 1.92 bits per heavy atom. The van der Waals surface area contributed by atoms with E-state index in [1.165, 1.54) is 25.7 Å². The van der Waals surface area contributed by atoms with E-state index in [1.807, 2.05) is 0 Å². The molecule has 12 heavy (non-hydrogen) atoms. The van der Waals surface area contributed by atoms with Crippen molar-refractivity contribution in [3.05, 3.63) is 0 Å². The number of rotatable bonds is 0. The van der Waals surface area contributed by atoms with E-state index in [0.717, 1.165) is 12.8 Å². The van der Waals surface area contributed by atoms with Gasteiger partial charge < -0.3 is 10.1 Å². The van der Waals surface area contributed by atoms with E-state index in [1.54, 1.807) is 0 Å². The van der Waals surface area contributed by atoms with Crippen LogP contribution in [-0.2, 0) is 4.74 Å². The fourth-order valence-electron chi connectivity index (χ4n) is 2.08. The van der Waals surface area contributed by atoms with Gasteiger partial charge in [0, 0.05) is 0 Å². The molecule has 0 aromatic rings. The number of carbonyl (C=O) groups is 1. The SMILES string of the molecule is O=C1N[C@@H]2CCCCCC[C@@H]2O1. The lowest BCUT2D eigenvalue weighted by Crippen LogP contribution is -2.32. The molecule has 68 valence electrons. The maximum Gasteiger partial charge on any atom is 0.407 e. The summed E-state index contributed by atoms with van der Waals surface area (Å²) in [5.41, 5.74) is 0. The second-order valence-corrected chi connectivity index (χ2v) is 3.69. The van der Waals surface area contributed by atoms with E-state index in [-0.39, 0.29) is 12.2 Å². The Balaban J connectivity index is 1.96. The Hall–Kier alpha value is -0.730. The van der Waals surface area contributed by atoms with E-state index in [9.17, 15) is 4.79 Å². The van der Waals surface area contributed by atoms with Crippen molar-refractivity contribution in [2.24, 2.45) is 0 Å². The van der Waals surface area contributed by atoms with Crippen molar-refractivity contribution < 1.29 is 9.53 Å². The number of hydrogen-bond donors (Lipinski definition) is 1. The average molecular weight is 169 g/mol. The van der Waals surface area contributed by atoms with Gasteiger partial charge in [-0.2, -0.15) is 0 Å². The highest BCUT2D eigenvalue weighted by atomic mass is 16.6. The molecule has 3 heteroatoms. The minimum Gasteiger partial charge on any atom is -0.444 e. The zero-order valence-electron chi connectivity index (χ0n) is 7.21. The highest BCUT2D eigenvalue weighted by Crippen LogP contribution is 2.23. The van der Waals surface area contributed by atoms with Crippen molar-refractivity contribution >= 4 is 6.09 Å². The number of carbonyl (C=O) groups excluding carboxylic acids is 1. The lowest BCUT2D eigenvalue weighted by Gasteiger charge is -2.19. The summed E-state index contributed by atoms with van der Waals surface area (Å²) in [6.07, 6.45) is 7.12. The van der Waals surface area contributed by atoms with Crippen molar-refractivity contribution in [2.45, 2.75) is 50.7 Å². The van der Waals surface area contributed by atoms with E-state index >= 15 is 0 Å². The molecule has 0 radical (unpaired) electrons. The summed E-state index contributed by atoms with van der Waals surface area (Å²) < 4.78 is 5.15. The van der Waals surface area contributed by atoms with Gasteiger partial charge in [-0.15, -0.1) is 0 Å². The lowest BCUT2D eigenvalue weighted by molar-refractivity contribution is 0.120. The monoisotopic (exact) mass is 169 g/mol. The third-order valence-electron chi connectivity index (χ3n) is 2.76. The van der Waals surface area contributed by atoms with Crippen LogP contribution < -0.4 is 5.32 Å². The van der Waals surface area contributed by atoms with Gasteiger partial charge in [0.25, 0.3) is 0 Å². The van der Waals surface area contributed by atoms with Gasteiger partial charge in [-0.3, -0.25) is 0 Å². The van der Waals surface area contributed by atoms with Gasteiger partial charge in [0.1, 0.15) is 6.10 Å². The molecule has 1 saturated carbocycles. The third kappa shape index (κ3) is 1.54. The van der Waals surface area contributed by atoms with Crippen molar-refractivity contribution in [1.29, 1.82) is 0 Å². The standard InChI is InChI=1S/C9H15NO2/c11-9-10-7-5-3-1-2-4-6-8(7)12-9/h7-8H,1-6H2,(H,10,11)/t7-,8+/m1/s1. The quantitative estimate of drug-likeness (QED) is 0.600. The Kier molecular flexibility index (Phi) is 2.19. The van der Waals surface area contributed by atoms with E-state index < -0.39 is 0 Å². The normalized spacial score (nSPS) is 35.8. The summed E-state index contributed by atoms with van der Waals surface area (Å²) in [6.45, 7) is 0. The number of fused-ring (bicyclic) bond motifs is 1. The Morgan fingerprint density at radius 3 is 2.75 bits per heavy atom. The number of hydrogen-bond acceptors (Lipinski definition) is 2. The fraction of sp³-hybridized carbons (Fsp3) is 0.889. The zero-order valence-corrected chi connectivity index (χ0v) is 7.21. The average Bonchev–Trinajstić information content (AvgIpc) is 2.32. The molecule has 0 aromatic heterocycles. The molecule has 1 N–H and O–H groups in total. The molecule has 0 spiro atoms. The molecule has 0 aromatic carbocycles. The first kappa shape index (κ1) is 7.90. The van der Waals surface area contributed by atoms with Gasteiger partial charge in [0.05, 0.1) is 6.04 Å². The van der Waals surface area contributed by atoms with Crippen LogP contribution in [0.1, 0.15) is 38.5 Å². The first-order valence-electron chi connectivity index (χ1n) is 4.83. The molecule has 1 aliphatic heterocycles. The Labute approximate surface area is 72.5 Å². The molecular weight excluding hydrogens is 154 g/mol. The number of amides is 1. The summed E-state index contributed by atoms with van der Waals surface area (Å²) in [7, 11) is 0. The summed E-state index contributed by atoms with van der Waals surface area (Å²) in [5, 5.41) is 2.86. The molecule has 1 heterocycles. The lowest BCUT2D eigenvalue weighted by atomic mass is 9.95. The highest BCUT2D eigenvalue weighted by molar-refractivity contribution is 5.70. The molecule has 2 atom stereocenters. The van der Waals surface area contributed by atoms with Gasteiger partial charge >= 0.3 is 6.09 Å². The van der Waals surface area contributed by atoms with E-state index in [2.05, 4.69) is 5.32 Å². The van der Waals surface area contributed by atoms with E-state index in [0.29, 0.717) is 6.04 Å². The predicted molar refractivity (Wildman–Crippen MR) is 44.9 cm³/mol. The minimum absolute atomic E-state index is 0.165. The number of alkyl carbamates (subject to hydrolysis) is 1. The smallest absolute Gasteiger partial charge is 0.407 e. The number of ether oxygens (including phenoxy) is 1. The summed E-state index contributed by atoms with van der Waals surface area (Å²) in [6, 6.07) is 0.304. The summed E-state index contributed by atoms with van der Waals surface area (Å²) in [4.78, 5) is 10.9. The van der Waals surface area contributed by atoms with Crippen molar-refractivity contribution in [1.82, 2.24) is 5.32 Å². The minimum atomic E-state index is -0.216. The van der Waals surface area contributed by atoms with Crippen LogP contribution in [0.15, 0.2) is 0 Å². The molecule has 3 nitrogen and oxygen atoms in total. The van der Waals surface area contributed by atoms with Crippen LogP contribution >= 0.6 is 0 Å². The van der Waals surface area contributed by atoms with Crippen LogP contribution in [0.25, 0.3) is 0 Å². The first-order valence-corrected chi connectivity index (χ1v) is 4.83. The van der Waals surface area contributed by atoms with Gasteiger partial charge in [-0.05, 0) is 19.3 Å².